The van der Waals surface area contributed by atoms with Gasteiger partial charge in [-0.25, -0.2) is 4.68 Å². The van der Waals surface area contributed by atoms with Gasteiger partial charge in [0, 0.05) is 12.6 Å². The highest BCUT2D eigenvalue weighted by atomic mass is 35.5. The number of hydrogen-bond donors (Lipinski definition) is 0. The number of nitrogens with zero attached hydrogens (tertiary/aromatic N) is 3. The summed E-state index contributed by atoms with van der Waals surface area (Å²) in [6, 6.07) is 3.48. The first-order chi connectivity index (χ1) is 7.70. The third-order valence-electron chi connectivity index (χ3n) is 2.17. The highest BCUT2D eigenvalue weighted by molar-refractivity contribution is 6.30. The average Bonchev–Trinajstić information content (AvgIpc) is 2.75. The minimum Gasteiger partial charge on any atom is -0.292 e. The standard InChI is InChI=1S/C11H10ClN3O/c1-2-11(16)10-4-3-9(6-13-10)15-7-8(12)5-14-15/h3-7H,2H2,1H3. The van der Waals surface area contributed by atoms with Crippen LogP contribution < -0.4 is 0 Å². The van der Waals surface area contributed by atoms with Crippen LogP contribution in [0.5, 0.6) is 0 Å². The van der Waals surface area contributed by atoms with Crippen LogP contribution >= 0.6 is 11.6 Å². The molecule has 0 spiro atoms. The van der Waals surface area contributed by atoms with E-state index in [1.165, 1.54) is 0 Å². The van der Waals surface area contributed by atoms with E-state index in [9.17, 15) is 4.79 Å². The number of pyridine rings is 1. The average molecular weight is 236 g/mol. The molecule has 0 radical (unpaired) electrons. The molecule has 2 rings (SSSR count). The van der Waals surface area contributed by atoms with E-state index in [1.54, 1.807) is 35.4 Å². The molecule has 2 aromatic rings. The Morgan fingerprint density at radius 3 is 2.75 bits per heavy atom. The van der Waals surface area contributed by atoms with Crippen LogP contribution in [-0.2, 0) is 0 Å². The van der Waals surface area contributed by atoms with Gasteiger partial charge in [-0.2, -0.15) is 5.10 Å². The number of halogens is 1. The van der Waals surface area contributed by atoms with E-state index in [1.807, 2.05) is 6.92 Å². The Balaban J connectivity index is 2.29. The largest absolute Gasteiger partial charge is 0.292 e. The van der Waals surface area contributed by atoms with E-state index in [4.69, 9.17) is 11.6 Å². The van der Waals surface area contributed by atoms with Crippen LogP contribution in [-0.4, -0.2) is 20.5 Å². The van der Waals surface area contributed by atoms with Crippen molar-refractivity contribution in [3.05, 3.63) is 41.4 Å². The van der Waals surface area contributed by atoms with Gasteiger partial charge < -0.3 is 0 Å². The van der Waals surface area contributed by atoms with Gasteiger partial charge in [0.15, 0.2) is 5.78 Å². The van der Waals surface area contributed by atoms with Crippen LogP contribution in [0.3, 0.4) is 0 Å². The lowest BCUT2D eigenvalue weighted by Gasteiger charge is -2.01. The van der Waals surface area contributed by atoms with Gasteiger partial charge in [0.05, 0.1) is 23.1 Å². The van der Waals surface area contributed by atoms with Crippen molar-refractivity contribution in [2.45, 2.75) is 13.3 Å². The summed E-state index contributed by atoms with van der Waals surface area (Å²) in [5.74, 6) is 0.0325. The Kier molecular flexibility index (Phi) is 3.01. The molecule has 0 saturated heterocycles. The second-order valence-corrected chi connectivity index (χ2v) is 3.72. The third kappa shape index (κ3) is 2.12. The molecular formula is C11H10ClN3O. The first-order valence-corrected chi connectivity index (χ1v) is 5.28. The van der Waals surface area contributed by atoms with E-state index in [0.717, 1.165) is 5.69 Å². The number of carbonyl (C=O) groups excluding carboxylic acids is 1. The highest BCUT2D eigenvalue weighted by Crippen LogP contribution is 2.11. The normalized spacial score (nSPS) is 10.4. The fourth-order valence-corrected chi connectivity index (χ4v) is 1.45. The maximum absolute atomic E-state index is 11.4. The molecule has 0 atom stereocenters. The van der Waals surface area contributed by atoms with E-state index in [-0.39, 0.29) is 5.78 Å². The molecule has 0 N–H and O–H groups in total. The summed E-state index contributed by atoms with van der Waals surface area (Å²) in [7, 11) is 0. The Labute approximate surface area is 97.9 Å². The number of aromatic nitrogens is 3. The second kappa shape index (κ2) is 4.45. The summed E-state index contributed by atoms with van der Waals surface area (Å²) in [5.41, 5.74) is 1.25. The Hall–Kier alpha value is -1.68. The summed E-state index contributed by atoms with van der Waals surface area (Å²) in [6.07, 6.45) is 5.29. The molecule has 0 unspecified atom stereocenters. The quantitative estimate of drug-likeness (QED) is 0.768. The molecule has 5 heteroatoms. The maximum Gasteiger partial charge on any atom is 0.180 e. The number of ketones is 1. The number of hydrogen-bond acceptors (Lipinski definition) is 3. The fourth-order valence-electron chi connectivity index (χ4n) is 1.31. The smallest absolute Gasteiger partial charge is 0.180 e. The van der Waals surface area contributed by atoms with Crippen molar-refractivity contribution >= 4 is 17.4 Å². The monoisotopic (exact) mass is 235 g/mol. The number of carbonyl (C=O) groups is 1. The molecule has 0 fully saturated rings. The summed E-state index contributed by atoms with van der Waals surface area (Å²) in [6.45, 7) is 1.81. The van der Waals surface area contributed by atoms with Crippen molar-refractivity contribution in [3.8, 4) is 5.69 Å². The second-order valence-electron chi connectivity index (χ2n) is 3.28. The van der Waals surface area contributed by atoms with E-state index >= 15 is 0 Å². The van der Waals surface area contributed by atoms with Gasteiger partial charge >= 0.3 is 0 Å². The van der Waals surface area contributed by atoms with Gasteiger partial charge in [0.2, 0.25) is 0 Å². The first kappa shape index (κ1) is 10.8. The van der Waals surface area contributed by atoms with Gasteiger partial charge in [-0.1, -0.05) is 18.5 Å². The third-order valence-corrected chi connectivity index (χ3v) is 2.37. The van der Waals surface area contributed by atoms with Gasteiger partial charge in [-0.3, -0.25) is 9.78 Å². The van der Waals surface area contributed by atoms with E-state index < -0.39 is 0 Å². The summed E-state index contributed by atoms with van der Waals surface area (Å²) in [4.78, 5) is 15.4. The Bertz CT molecular complexity index is 504. The lowest BCUT2D eigenvalue weighted by molar-refractivity contribution is 0.0983. The van der Waals surface area contributed by atoms with Crippen LogP contribution in [0.2, 0.25) is 5.02 Å². The molecule has 82 valence electrons. The molecule has 16 heavy (non-hydrogen) atoms. The van der Waals surface area contributed by atoms with Crippen LogP contribution in [0.25, 0.3) is 5.69 Å². The highest BCUT2D eigenvalue weighted by Gasteiger charge is 2.05. The van der Waals surface area contributed by atoms with Crippen LogP contribution in [0.4, 0.5) is 0 Å². The van der Waals surface area contributed by atoms with Crippen molar-refractivity contribution in [2.24, 2.45) is 0 Å². The van der Waals surface area contributed by atoms with Crippen LogP contribution in [0.15, 0.2) is 30.7 Å². The van der Waals surface area contributed by atoms with E-state index in [2.05, 4.69) is 10.1 Å². The summed E-state index contributed by atoms with van der Waals surface area (Å²) >= 11 is 5.76. The first-order valence-electron chi connectivity index (χ1n) is 4.90. The molecule has 0 aliphatic heterocycles. The molecule has 0 aliphatic rings. The van der Waals surface area contributed by atoms with E-state index in [0.29, 0.717) is 17.1 Å². The van der Waals surface area contributed by atoms with Crippen molar-refractivity contribution in [1.29, 1.82) is 0 Å². The van der Waals surface area contributed by atoms with Crippen molar-refractivity contribution < 1.29 is 4.79 Å². The minimum atomic E-state index is 0.0325. The van der Waals surface area contributed by atoms with Gasteiger partial charge in [0.1, 0.15) is 5.69 Å². The van der Waals surface area contributed by atoms with Gasteiger partial charge in [-0.05, 0) is 12.1 Å². The fraction of sp³-hybridized carbons (Fsp3) is 0.182. The van der Waals surface area contributed by atoms with Crippen LogP contribution in [0.1, 0.15) is 23.8 Å². The summed E-state index contributed by atoms with van der Waals surface area (Å²) < 4.78 is 1.61. The molecule has 2 heterocycles. The molecule has 0 saturated carbocycles. The zero-order valence-electron chi connectivity index (χ0n) is 8.72. The molecular weight excluding hydrogens is 226 g/mol. The topological polar surface area (TPSA) is 47.8 Å². The molecule has 0 aromatic carbocycles. The predicted molar refractivity (Wildman–Crippen MR) is 61.0 cm³/mol. The van der Waals surface area contributed by atoms with Crippen molar-refractivity contribution in [2.75, 3.05) is 0 Å². The molecule has 0 aliphatic carbocycles. The number of Topliss-reactive ketones (excluding diaryl/α,β-unsaturated/α-hetero) is 1. The molecule has 2 aromatic heterocycles. The Morgan fingerprint density at radius 1 is 1.44 bits per heavy atom. The molecule has 0 amide bonds. The Morgan fingerprint density at radius 2 is 2.25 bits per heavy atom. The minimum absolute atomic E-state index is 0.0325. The number of rotatable bonds is 3. The van der Waals surface area contributed by atoms with Gasteiger partial charge in [0.25, 0.3) is 0 Å². The zero-order valence-corrected chi connectivity index (χ0v) is 9.48. The lowest BCUT2D eigenvalue weighted by Crippen LogP contribution is -2.02. The lowest BCUT2D eigenvalue weighted by atomic mass is 10.2. The van der Waals surface area contributed by atoms with Gasteiger partial charge in [-0.15, -0.1) is 0 Å². The maximum atomic E-state index is 11.4. The molecule has 0 bridgehead atoms. The zero-order chi connectivity index (χ0) is 11.5. The van der Waals surface area contributed by atoms with Crippen molar-refractivity contribution in [3.63, 3.8) is 0 Å². The summed E-state index contributed by atoms with van der Waals surface area (Å²) in [5, 5.41) is 4.60. The van der Waals surface area contributed by atoms with Crippen molar-refractivity contribution in [1.82, 2.24) is 14.8 Å². The SMILES string of the molecule is CCC(=O)c1ccc(-n2cc(Cl)cn2)cn1. The van der Waals surface area contributed by atoms with Crippen LogP contribution in [0, 0.1) is 0 Å². The predicted octanol–water partition coefficient (Wildman–Crippen LogP) is 2.51. The molecule has 4 nitrogen and oxygen atoms in total.